The first-order chi connectivity index (χ1) is 9.49. The highest BCUT2D eigenvalue weighted by atomic mass is 79.9. The minimum atomic E-state index is 0.229. The van der Waals surface area contributed by atoms with Crippen LogP contribution in [-0.2, 0) is 0 Å². The average Bonchev–Trinajstić information content (AvgIpc) is 2.42. The van der Waals surface area contributed by atoms with Crippen LogP contribution in [0.3, 0.4) is 0 Å². The fourth-order valence-electron chi connectivity index (χ4n) is 1.73. The van der Waals surface area contributed by atoms with Gasteiger partial charge in [-0.25, -0.2) is 15.8 Å². The molecule has 0 saturated heterocycles. The second-order valence-corrected chi connectivity index (χ2v) is 5.80. The summed E-state index contributed by atoms with van der Waals surface area (Å²) in [6.07, 6.45) is 0. The van der Waals surface area contributed by atoms with Crippen LogP contribution in [0.15, 0.2) is 28.7 Å². The number of anilines is 3. The van der Waals surface area contributed by atoms with Gasteiger partial charge in [0, 0.05) is 22.1 Å². The predicted molar refractivity (Wildman–Crippen MR) is 86.1 cm³/mol. The first kappa shape index (κ1) is 14.7. The Labute approximate surface area is 127 Å². The first-order valence-corrected chi connectivity index (χ1v) is 7.17. The maximum atomic E-state index is 5.46. The van der Waals surface area contributed by atoms with Crippen molar-refractivity contribution in [3.05, 3.63) is 40.1 Å². The quantitative estimate of drug-likeness (QED) is 0.586. The molecule has 0 aliphatic carbocycles. The summed E-state index contributed by atoms with van der Waals surface area (Å²) in [4.78, 5) is 8.85. The van der Waals surface area contributed by atoms with E-state index in [1.165, 1.54) is 0 Å². The van der Waals surface area contributed by atoms with E-state index in [1.54, 1.807) is 6.07 Å². The molecular weight excluding hydrogens is 318 g/mol. The summed E-state index contributed by atoms with van der Waals surface area (Å²) in [7, 11) is 0. The van der Waals surface area contributed by atoms with Crippen LogP contribution in [0.4, 0.5) is 17.3 Å². The SMILES string of the molecule is Cc1ccc(Br)cc1Nc1cc(NN)nc(C(C)C)n1. The third kappa shape index (κ3) is 3.46. The fraction of sp³-hybridized carbons (Fsp3) is 0.286. The molecule has 2 rings (SSSR count). The molecule has 1 heterocycles. The van der Waals surface area contributed by atoms with Gasteiger partial charge in [-0.05, 0) is 24.6 Å². The second kappa shape index (κ2) is 6.19. The Morgan fingerprint density at radius 2 is 1.85 bits per heavy atom. The van der Waals surface area contributed by atoms with Crippen LogP contribution in [0.2, 0.25) is 0 Å². The lowest BCUT2D eigenvalue weighted by Gasteiger charge is -2.13. The van der Waals surface area contributed by atoms with E-state index in [9.17, 15) is 0 Å². The number of aryl methyl sites for hydroxylation is 1. The van der Waals surface area contributed by atoms with Gasteiger partial charge in [-0.15, -0.1) is 0 Å². The number of hydrazine groups is 1. The van der Waals surface area contributed by atoms with Gasteiger partial charge in [0.2, 0.25) is 0 Å². The number of hydrogen-bond acceptors (Lipinski definition) is 5. The Morgan fingerprint density at radius 1 is 1.15 bits per heavy atom. The molecule has 0 spiro atoms. The van der Waals surface area contributed by atoms with Gasteiger partial charge in [0.05, 0.1) is 0 Å². The van der Waals surface area contributed by atoms with E-state index in [4.69, 9.17) is 5.84 Å². The molecule has 5 nitrogen and oxygen atoms in total. The number of halogens is 1. The Bertz CT molecular complexity index is 613. The summed E-state index contributed by atoms with van der Waals surface area (Å²) < 4.78 is 1.01. The minimum absolute atomic E-state index is 0.229. The molecule has 4 N–H and O–H groups in total. The molecule has 0 atom stereocenters. The number of nitrogens with one attached hydrogen (secondary N) is 2. The number of nitrogen functional groups attached to an aromatic ring is 1. The van der Waals surface area contributed by atoms with Crippen molar-refractivity contribution in [3.63, 3.8) is 0 Å². The summed E-state index contributed by atoms with van der Waals surface area (Å²) in [6, 6.07) is 7.85. The summed E-state index contributed by atoms with van der Waals surface area (Å²) in [5, 5.41) is 3.31. The summed E-state index contributed by atoms with van der Waals surface area (Å²) in [5.41, 5.74) is 4.71. The first-order valence-electron chi connectivity index (χ1n) is 6.38. The van der Waals surface area contributed by atoms with Crippen LogP contribution in [0.5, 0.6) is 0 Å². The van der Waals surface area contributed by atoms with E-state index in [0.29, 0.717) is 5.82 Å². The molecule has 0 bridgehead atoms. The molecule has 0 fully saturated rings. The Morgan fingerprint density at radius 3 is 2.50 bits per heavy atom. The van der Waals surface area contributed by atoms with E-state index in [-0.39, 0.29) is 5.92 Å². The van der Waals surface area contributed by atoms with Gasteiger partial charge in [-0.1, -0.05) is 35.8 Å². The molecule has 106 valence electrons. The van der Waals surface area contributed by atoms with Crippen molar-refractivity contribution in [2.45, 2.75) is 26.7 Å². The van der Waals surface area contributed by atoms with Gasteiger partial charge in [0.1, 0.15) is 17.5 Å². The number of aromatic nitrogens is 2. The zero-order valence-electron chi connectivity index (χ0n) is 11.7. The number of hydrogen-bond donors (Lipinski definition) is 3. The lowest BCUT2D eigenvalue weighted by molar-refractivity contribution is 0.777. The van der Waals surface area contributed by atoms with Crippen LogP contribution in [0.1, 0.15) is 31.2 Å². The van der Waals surface area contributed by atoms with Crippen molar-refractivity contribution in [1.82, 2.24) is 9.97 Å². The molecule has 0 unspecified atom stereocenters. The van der Waals surface area contributed by atoms with Crippen LogP contribution < -0.4 is 16.6 Å². The summed E-state index contributed by atoms with van der Waals surface area (Å²) in [5.74, 6) is 7.75. The number of nitrogens with two attached hydrogens (primary N) is 1. The molecule has 2 aromatic rings. The molecule has 0 aliphatic rings. The molecular formula is C14H18BrN5. The van der Waals surface area contributed by atoms with Crippen molar-refractivity contribution < 1.29 is 0 Å². The molecule has 0 saturated carbocycles. The summed E-state index contributed by atoms with van der Waals surface area (Å²) >= 11 is 3.47. The monoisotopic (exact) mass is 335 g/mol. The third-order valence-electron chi connectivity index (χ3n) is 2.87. The molecule has 6 heteroatoms. The molecule has 0 amide bonds. The van der Waals surface area contributed by atoms with Crippen molar-refractivity contribution >= 4 is 33.3 Å². The van der Waals surface area contributed by atoms with E-state index in [0.717, 1.165) is 27.4 Å². The van der Waals surface area contributed by atoms with E-state index in [1.807, 2.05) is 39.0 Å². The largest absolute Gasteiger partial charge is 0.340 e. The Hall–Kier alpha value is -1.66. The van der Waals surface area contributed by atoms with Crippen LogP contribution in [0, 0.1) is 6.92 Å². The van der Waals surface area contributed by atoms with Gasteiger partial charge < -0.3 is 10.7 Å². The second-order valence-electron chi connectivity index (χ2n) is 4.88. The van der Waals surface area contributed by atoms with E-state index >= 15 is 0 Å². The number of benzene rings is 1. The van der Waals surface area contributed by atoms with Gasteiger partial charge in [0.25, 0.3) is 0 Å². The molecule has 1 aromatic heterocycles. The van der Waals surface area contributed by atoms with Crippen LogP contribution in [-0.4, -0.2) is 9.97 Å². The fourth-order valence-corrected chi connectivity index (χ4v) is 2.09. The molecule has 20 heavy (non-hydrogen) atoms. The smallest absolute Gasteiger partial charge is 0.145 e. The van der Waals surface area contributed by atoms with Gasteiger partial charge in [-0.2, -0.15) is 0 Å². The van der Waals surface area contributed by atoms with Crippen molar-refractivity contribution in [2.24, 2.45) is 5.84 Å². The molecule has 0 aliphatic heterocycles. The van der Waals surface area contributed by atoms with E-state index in [2.05, 4.69) is 36.6 Å². The van der Waals surface area contributed by atoms with Crippen LogP contribution in [0.25, 0.3) is 0 Å². The normalized spacial score (nSPS) is 10.7. The van der Waals surface area contributed by atoms with Crippen molar-refractivity contribution in [2.75, 3.05) is 10.7 Å². The van der Waals surface area contributed by atoms with Gasteiger partial charge in [-0.3, -0.25) is 0 Å². The Kier molecular flexibility index (Phi) is 4.57. The Balaban J connectivity index is 2.37. The molecule has 1 aromatic carbocycles. The van der Waals surface area contributed by atoms with Crippen LogP contribution >= 0.6 is 15.9 Å². The number of rotatable bonds is 4. The minimum Gasteiger partial charge on any atom is -0.340 e. The maximum Gasteiger partial charge on any atom is 0.145 e. The van der Waals surface area contributed by atoms with Gasteiger partial charge in [0.15, 0.2) is 0 Å². The van der Waals surface area contributed by atoms with Crippen molar-refractivity contribution in [3.8, 4) is 0 Å². The van der Waals surface area contributed by atoms with Crippen molar-refractivity contribution in [1.29, 1.82) is 0 Å². The maximum absolute atomic E-state index is 5.46. The highest BCUT2D eigenvalue weighted by molar-refractivity contribution is 9.10. The standard InChI is InChI=1S/C14H18BrN5/c1-8(2)14-18-12(7-13(19-14)20-16)17-11-6-10(15)5-4-9(11)3/h4-8H,16H2,1-3H3,(H2,17,18,19,20). The lowest BCUT2D eigenvalue weighted by Crippen LogP contribution is -2.12. The average molecular weight is 336 g/mol. The zero-order chi connectivity index (χ0) is 14.7. The molecule has 0 radical (unpaired) electrons. The predicted octanol–water partition coefficient (Wildman–Crippen LogP) is 3.70. The lowest BCUT2D eigenvalue weighted by atomic mass is 10.2. The number of nitrogens with zero attached hydrogens (tertiary/aromatic N) is 2. The summed E-state index contributed by atoms with van der Waals surface area (Å²) in [6.45, 7) is 6.13. The topological polar surface area (TPSA) is 75.9 Å². The highest BCUT2D eigenvalue weighted by Crippen LogP contribution is 2.25. The zero-order valence-corrected chi connectivity index (χ0v) is 13.3. The highest BCUT2D eigenvalue weighted by Gasteiger charge is 2.09. The van der Waals surface area contributed by atoms with E-state index < -0.39 is 0 Å². The van der Waals surface area contributed by atoms with Gasteiger partial charge >= 0.3 is 0 Å². The third-order valence-corrected chi connectivity index (χ3v) is 3.36.